The third-order valence-electron chi connectivity index (χ3n) is 5.33. The molecule has 1 heterocycles. The molecule has 0 aliphatic carbocycles. The lowest BCUT2D eigenvalue weighted by atomic mass is 10.0. The highest BCUT2D eigenvalue weighted by Gasteiger charge is 2.32. The fourth-order valence-electron chi connectivity index (χ4n) is 3.55. The molecule has 0 bridgehead atoms. The highest BCUT2D eigenvalue weighted by Crippen LogP contribution is 2.41. The molecule has 1 aliphatic rings. The van der Waals surface area contributed by atoms with Crippen molar-refractivity contribution in [1.29, 1.82) is 0 Å². The monoisotopic (exact) mass is 414 g/mol. The molecule has 160 valence electrons. The first-order valence-corrected chi connectivity index (χ1v) is 9.89. The van der Waals surface area contributed by atoms with Crippen molar-refractivity contribution in [3.05, 3.63) is 46.7 Å². The lowest BCUT2D eigenvalue weighted by Crippen LogP contribution is -3.10. The lowest BCUT2D eigenvalue weighted by Gasteiger charge is -2.17. The molecule has 0 radical (unpaired) electrons. The molecule has 2 aromatic carbocycles. The van der Waals surface area contributed by atoms with Gasteiger partial charge >= 0.3 is 0 Å². The first-order valence-electron chi connectivity index (χ1n) is 9.89. The second-order valence-corrected chi connectivity index (χ2v) is 6.97. The molecule has 7 nitrogen and oxygen atoms in total. The fraction of sp³-hybridized carbons (Fsp3) is 0.348. The van der Waals surface area contributed by atoms with Crippen molar-refractivity contribution in [2.45, 2.75) is 20.4 Å². The van der Waals surface area contributed by atoms with Crippen molar-refractivity contribution in [3.8, 4) is 28.7 Å². The van der Waals surface area contributed by atoms with Crippen LogP contribution in [-0.4, -0.2) is 45.3 Å². The van der Waals surface area contributed by atoms with Crippen molar-refractivity contribution in [2.75, 3.05) is 34.4 Å². The summed E-state index contributed by atoms with van der Waals surface area (Å²) < 4.78 is 22.1. The van der Waals surface area contributed by atoms with Gasteiger partial charge in [-0.15, -0.1) is 0 Å². The summed E-state index contributed by atoms with van der Waals surface area (Å²) in [5.74, 6) is 1.95. The number of allylic oxidation sites excluding steroid dienone is 1. The Hall–Kier alpha value is -3.19. The van der Waals surface area contributed by atoms with Gasteiger partial charge < -0.3 is 29.0 Å². The minimum absolute atomic E-state index is 0.134. The van der Waals surface area contributed by atoms with E-state index in [1.807, 2.05) is 0 Å². The summed E-state index contributed by atoms with van der Waals surface area (Å²) in [6.07, 6.45) is 1.64. The van der Waals surface area contributed by atoms with Gasteiger partial charge in [-0.1, -0.05) is 0 Å². The number of ketones is 1. The third kappa shape index (κ3) is 3.93. The number of phenols is 1. The van der Waals surface area contributed by atoms with Crippen LogP contribution in [0.15, 0.2) is 30.0 Å². The predicted octanol–water partition coefficient (Wildman–Crippen LogP) is 2.46. The summed E-state index contributed by atoms with van der Waals surface area (Å²) in [5, 5.41) is 10.4. The van der Waals surface area contributed by atoms with E-state index < -0.39 is 0 Å². The number of carbonyl (C=O) groups excluding carboxylic acids is 1. The molecule has 30 heavy (non-hydrogen) atoms. The summed E-state index contributed by atoms with van der Waals surface area (Å²) in [6.45, 7) is 6.55. The Balaban J connectivity index is 2.01. The van der Waals surface area contributed by atoms with Crippen LogP contribution < -0.4 is 23.8 Å². The highest BCUT2D eigenvalue weighted by atomic mass is 16.5. The smallest absolute Gasteiger partial charge is 0.231 e. The highest BCUT2D eigenvalue weighted by molar-refractivity contribution is 6.15. The molecule has 0 aromatic heterocycles. The normalized spacial score (nSPS) is 14.1. The fourth-order valence-corrected chi connectivity index (χ4v) is 3.55. The van der Waals surface area contributed by atoms with E-state index in [2.05, 4.69) is 13.8 Å². The molecule has 0 spiro atoms. The van der Waals surface area contributed by atoms with E-state index in [1.165, 1.54) is 26.2 Å². The maximum absolute atomic E-state index is 13.0. The number of Topliss-reactive ketones (excluding diaryl/α,β-unsaturated/α-hetero) is 1. The zero-order chi connectivity index (χ0) is 21.8. The summed E-state index contributed by atoms with van der Waals surface area (Å²) in [4.78, 5) is 14.2. The van der Waals surface area contributed by atoms with Gasteiger partial charge in [0.1, 0.15) is 12.3 Å². The molecule has 0 saturated carbocycles. The average molecular weight is 414 g/mol. The molecule has 1 aliphatic heterocycles. The second-order valence-electron chi connectivity index (χ2n) is 6.97. The van der Waals surface area contributed by atoms with Crippen molar-refractivity contribution in [2.24, 2.45) is 0 Å². The number of aromatic hydroxyl groups is 1. The van der Waals surface area contributed by atoms with Crippen molar-refractivity contribution < 1.29 is 33.7 Å². The topological polar surface area (TPSA) is 78.7 Å². The van der Waals surface area contributed by atoms with Gasteiger partial charge in [0, 0.05) is 0 Å². The van der Waals surface area contributed by atoms with Crippen molar-refractivity contribution >= 4 is 11.9 Å². The third-order valence-corrected chi connectivity index (χ3v) is 5.33. The summed E-state index contributed by atoms with van der Waals surface area (Å²) in [6, 6.07) is 6.64. The van der Waals surface area contributed by atoms with Crippen LogP contribution in [-0.2, 0) is 6.54 Å². The van der Waals surface area contributed by atoms with Gasteiger partial charge in [-0.2, -0.15) is 0 Å². The number of quaternary nitrogens is 1. The van der Waals surface area contributed by atoms with Crippen LogP contribution in [0.2, 0.25) is 0 Å². The second kappa shape index (κ2) is 9.09. The van der Waals surface area contributed by atoms with Gasteiger partial charge in [0.15, 0.2) is 23.0 Å². The molecule has 0 unspecified atom stereocenters. The number of benzene rings is 2. The Morgan fingerprint density at radius 3 is 2.20 bits per heavy atom. The minimum atomic E-state index is -0.227. The number of phenolic OH excluding ortho intramolecular Hbond substituents is 1. The number of rotatable bonds is 8. The van der Waals surface area contributed by atoms with E-state index in [1.54, 1.807) is 30.3 Å². The van der Waals surface area contributed by atoms with Crippen LogP contribution in [0.25, 0.3) is 6.08 Å². The number of methoxy groups -OCH3 is 3. The van der Waals surface area contributed by atoms with Gasteiger partial charge in [-0.3, -0.25) is 4.79 Å². The minimum Gasteiger partial charge on any atom is -0.507 e. The Labute approximate surface area is 176 Å². The van der Waals surface area contributed by atoms with Crippen LogP contribution in [0, 0.1) is 0 Å². The van der Waals surface area contributed by atoms with Crippen LogP contribution in [0.1, 0.15) is 35.3 Å². The average Bonchev–Trinajstić information content (AvgIpc) is 3.07. The summed E-state index contributed by atoms with van der Waals surface area (Å²) in [7, 11) is 4.60. The van der Waals surface area contributed by atoms with Crippen LogP contribution in [0.4, 0.5) is 0 Å². The Kier molecular flexibility index (Phi) is 6.52. The van der Waals surface area contributed by atoms with Gasteiger partial charge in [0.05, 0.1) is 45.5 Å². The Morgan fingerprint density at radius 2 is 1.67 bits per heavy atom. The molecule has 0 fully saturated rings. The molecule has 7 heteroatoms. The largest absolute Gasteiger partial charge is 0.507 e. The van der Waals surface area contributed by atoms with Crippen molar-refractivity contribution in [3.63, 3.8) is 0 Å². The molecule has 0 saturated heterocycles. The molecule has 3 rings (SSSR count). The quantitative estimate of drug-likeness (QED) is 0.646. The molecule has 2 aromatic rings. The van der Waals surface area contributed by atoms with Gasteiger partial charge in [-0.05, 0) is 49.8 Å². The van der Waals surface area contributed by atoms with Crippen LogP contribution in [0.5, 0.6) is 28.7 Å². The number of hydrogen-bond donors (Lipinski definition) is 2. The zero-order valence-corrected chi connectivity index (χ0v) is 18.0. The standard InChI is InChI=1S/C23H27NO6/c1-6-24(7-2)13-16-17(25)9-8-15-21(26)18(30-22(15)16)10-14-11-19(27-3)23(29-5)20(12-14)28-4/h8-12,25H,6-7,13H2,1-5H3/p+1/b18-10-. The predicted molar refractivity (Wildman–Crippen MR) is 113 cm³/mol. The van der Waals surface area contributed by atoms with Gasteiger partial charge in [0.2, 0.25) is 11.5 Å². The lowest BCUT2D eigenvalue weighted by molar-refractivity contribution is -0.910. The number of carbonyl (C=O) groups is 1. The molecule has 0 amide bonds. The SMILES string of the molecule is CC[NH+](CC)Cc1c(O)ccc2c1O/C(=C\c1cc(OC)c(OC)c(OC)c1)C2=O. The summed E-state index contributed by atoms with van der Waals surface area (Å²) in [5.41, 5.74) is 1.77. The number of nitrogens with one attached hydrogen (secondary N) is 1. The van der Waals surface area contributed by atoms with E-state index in [4.69, 9.17) is 18.9 Å². The Bertz CT molecular complexity index is 953. The van der Waals surface area contributed by atoms with Crippen LogP contribution >= 0.6 is 0 Å². The Morgan fingerprint density at radius 1 is 1.03 bits per heavy atom. The molecule has 0 atom stereocenters. The van der Waals surface area contributed by atoms with Gasteiger partial charge in [-0.25, -0.2) is 0 Å². The van der Waals surface area contributed by atoms with E-state index in [9.17, 15) is 9.90 Å². The first-order chi connectivity index (χ1) is 14.5. The van der Waals surface area contributed by atoms with Crippen LogP contribution in [0.3, 0.4) is 0 Å². The van der Waals surface area contributed by atoms with E-state index in [0.717, 1.165) is 13.1 Å². The molecular weight excluding hydrogens is 386 g/mol. The van der Waals surface area contributed by atoms with Gasteiger partial charge in [0.25, 0.3) is 0 Å². The van der Waals surface area contributed by atoms with E-state index in [-0.39, 0.29) is 17.3 Å². The number of hydrogen-bond acceptors (Lipinski definition) is 6. The number of fused-ring (bicyclic) bond motifs is 1. The molecular formula is C23H28NO6+. The maximum atomic E-state index is 13.0. The molecule has 2 N–H and O–H groups in total. The number of ether oxygens (including phenoxy) is 4. The van der Waals surface area contributed by atoms with E-state index >= 15 is 0 Å². The zero-order valence-electron chi connectivity index (χ0n) is 18.0. The maximum Gasteiger partial charge on any atom is 0.231 e. The van der Waals surface area contributed by atoms with Crippen molar-refractivity contribution in [1.82, 2.24) is 0 Å². The first kappa shape index (κ1) is 21.5. The van der Waals surface area contributed by atoms with E-state index in [0.29, 0.717) is 46.2 Å². The summed E-state index contributed by atoms with van der Waals surface area (Å²) >= 11 is 0.